The summed E-state index contributed by atoms with van der Waals surface area (Å²) in [5.74, 6) is 0.691. The highest BCUT2D eigenvalue weighted by atomic mass is 16.5. The van der Waals surface area contributed by atoms with E-state index >= 15 is 0 Å². The van der Waals surface area contributed by atoms with Gasteiger partial charge in [0.15, 0.2) is 5.65 Å². The molecule has 0 unspecified atom stereocenters. The molecular formula is C11H12N4O. The van der Waals surface area contributed by atoms with Crippen molar-refractivity contribution in [3.63, 3.8) is 0 Å². The van der Waals surface area contributed by atoms with E-state index in [1.165, 1.54) is 0 Å². The van der Waals surface area contributed by atoms with Gasteiger partial charge in [-0.1, -0.05) is 0 Å². The van der Waals surface area contributed by atoms with Crippen LogP contribution in [-0.4, -0.2) is 21.2 Å². The fraction of sp³-hybridized carbons (Fsp3) is 0.182. The molecule has 0 atom stereocenters. The van der Waals surface area contributed by atoms with Crippen LogP contribution in [0.5, 0.6) is 5.75 Å². The number of anilines is 1. The number of hydrogen-bond acceptors (Lipinski definition) is 3. The molecule has 5 nitrogen and oxygen atoms in total. The number of aromatic amines is 1. The number of nitrogen functional groups attached to an aromatic ring is 1. The topological polar surface area (TPSA) is 68.3 Å². The normalized spacial score (nSPS) is 11.3. The van der Waals surface area contributed by atoms with E-state index in [0.29, 0.717) is 18.0 Å². The highest BCUT2D eigenvalue weighted by molar-refractivity contribution is 5.85. The molecule has 16 heavy (non-hydrogen) atoms. The molecule has 2 aromatic heterocycles. The van der Waals surface area contributed by atoms with Gasteiger partial charge in [-0.05, 0) is 13.0 Å². The third-order valence-corrected chi connectivity index (χ3v) is 2.55. The smallest absolute Gasteiger partial charge is 0.154 e. The Hall–Kier alpha value is -2.17. The van der Waals surface area contributed by atoms with Crippen LogP contribution in [0.4, 0.5) is 5.69 Å². The molecule has 0 amide bonds. The summed E-state index contributed by atoms with van der Waals surface area (Å²) in [6.45, 7) is 2.53. The van der Waals surface area contributed by atoms with Gasteiger partial charge in [-0.25, -0.2) is 9.50 Å². The van der Waals surface area contributed by atoms with Crippen LogP contribution in [0.25, 0.3) is 16.7 Å². The Morgan fingerprint density at radius 3 is 3.19 bits per heavy atom. The number of nitrogens with zero attached hydrogens (tertiary/aromatic N) is 2. The van der Waals surface area contributed by atoms with Crippen molar-refractivity contribution in [2.45, 2.75) is 6.92 Å². The molecule has 5 heteroatoms. The number of nitrogens with two attached hydrogens (primary N) is 1. The second-order valence-corrected chi connectivity index (χ2v) is 3.58. The summed E-state index contributed by atoms with van der Waals surface area (Å²) in [4.78, 5) is 4.46. The van der Waals surface area contributed by atoms with Crippen LogP contribution in [0, 0.1) is 0 Å². The van der Waals surface area contributed by atoms with Crippen LogP contribution in [0.15, 0.2) is 24.4 Å². The Bertz CT molecular complexity index is 652. The van der Waals surface area contributed by atoms with Gasteiger partial charge < -0.3 is 10.5 Å². The molecule has 0 aliphatic carbocycles. The van der Waals surface area contributed by atoms with Crippen LogP contribution in [0.2, 0.25) is 0 Å². The first kappa shape index (κ1) is 9.08. The molecule has 82 valence electrons. The van der Waals surface area contributed by atoms with E-state index in [9.17, 15) is 0 Å². The van der Waals surface area contributed by atoms with E-state index in [0.717, 1.165) is 16.7 Å². The summed E-state index contributed by atoms with van der Waals surface area (Å²) in [5, 5.41) is 3.08. The molecule has 1 aromatic carbocycles. The third-order valence-electron chi connectivity index (χ3n) is 2.55. The summed E-state index contributed by atoms with van der Waals surface area (Å²) in [5.41, 5.74) is 9.26. The molecule has 3 rings (SSSR count). The Kier molecular flexibility index (Phi) is 1.80. The summed E-state index contributed by atoms with van der Waals surface area (Å²) in [6, 6.07) is 5.66. The molecule has 0 saturated heterocycles. The number of ether oxygens (including phenoxy) is 1. The van der Waals surface area contributed by atoms with Crippen molar-refractivity contribution in [3.05, 3.63) is 24.4 Å². The minimum Gasteiger partial charge on any atom is -0.492 e. The predicted molar refractivity (Wildman–Crippen MR) is 62.6 cm³/mol. The summed E-state index contributed by atoms with van der Waals surface area (Å²) in [6.07, 6.45) is 1.84. The Labute approximate surface area is 91.8 Å². The minimum atomic E-state index is 0.599. The van der Waals surface area contributed by atoms with Crippen molar-refractivity contribution in [2.75, 3.05) is 12.3 Å². The van der Waals surface area contributed by atoms with Crippen molar-refractivity contribution in [2.24, 2.45) is 0 Å². The SMILES string of the molecule is CCOc1cc2nc3cc[nH]n3c2cc1N. The average molecular weight is 216 g/mol. The number of fused-ring (bicyclic) bond motifs is 3. The van der Waals surface area contributed by atoms with Crippen molar-refractivity contribution in [3.8, 4) is 5.75 Å². The molecule has 0 spiro atoms. The van der Waals surface area contributed by atoms with Crippen LogP contribution in [-0.2, 0) is 0 Å². The van der Waals surface area contributed by atoms with Crippen molar-refractivity contribution >= 4 is 22.4 Å². The van der Waals surface area contributed by atoms with Gasteiger partial charge in [-0.3, -0.25) is 5.10 Å². The zero-order valence-corrected chi connectivity index (χ0v) is 8.90. The van der Waals surface area contributed by atoms with Gasteiger partial charge in [0.2, 0.25) is 0 Å². The van der Waals surface area contributed by atoms with Gasteiger partial charge >= 0.3 is 0 Å². The van der Waals surface area contributed by atoms with Gasteiger partial charge in [0.25, 0.3) is 0 Å². The number of rotatable bonds is 2. The van der Waals surface area contributed by atoms with Gasteiger partial charge in [-0.15, -0.1) is 0 Å². The summed E-state index contributed by atoms with van der Waals surface area (Å²) < 4.78 is 7.32. The summed E-state index contributed by atoms with van der Waals surface area (Å²) >= 11 is 0. The monoisotopic (exact) mass is 216 g/mol. The maximum atomic E-state index is 5.91. The molecular weight excluding hydrogens is 204 g/mol. The van der Waals surface area contributed by atoms with Gasteiger partial charge in [0.1, 0.15) is 5.75 Å². The van der Waals surface area contributed by atoms with E-state index in [1.54, 1.807) is 0 Å². The molecule has 0 bridgehead atoms. The lowest BCUT2D eigenvalue weighted by Crippen LogP contribution is -1.97. The van der Waals surface area contributed by atoms with Crippen molar-refractivity contribution in [1.82, 2.24) is 14.6 Å². The highest BCUT2D eigenvalue weighted by Gasteiger charge is 2.09. The van der Waals surface area contributed by atoms with Crippen LogP contribution in [0.1, 0.15) is 6.92 Å². The van der Waals surface area contributed by atoms with E-state index in [-0.39, 0.29) is 0 Å². The molecule has 0 aliphatic rings. The largest absolute Gasteiger partial charge is 0.492 e. The first-order valence-electron chi connectivity index (χ1n) is 5.17. The average Bonchev–Trinajstić information content (AvgIpc) is 2.80. The molecule has 3 N–H and O–H groups in total. The molecule has 3 aromatic rings. The van der Waals surface area contributed by atoms with Crippen LogP contribution < -0.4 is 10.5 Å². The third kappa shape index (κ3) is 1.14. The first-order valence-corrected chi connectivity index (χ1v) is 5.17. The molecule has 2 heterocycles. The molecule has 0 radical (unpaired) electrons. The zero-order valence-electron chi connectivity index (χ0n) is 8.90. The number of H-pyrrole nitrogens is 1. The van der Waals surface area contributed by atoms with Gasteiger partial charge in [-0.2, -0.15) is 0 Å². The van der Waals surface area contributed by atoms with Gasteiger partial charge in [0, 0.05) is 18.3 Å². The maximum Gasteiger partial charge on any atom is 0.154 e. The summed E-state index contributed by atoms with van der Waals surface area (Å²) in [7, 11) is 0. The fourth-order valence-electron chi connectivity index (χ4n) is 1.85. The molecule has 0 saturated carbocycles. The van der Waals surface area contributed by atoms with Gasteiger partial charge in [0.05, 0.1) is 23.3 Å². The Morgan fingerprint density at radius 1 is 1.50 bits per heavy atom. The highest BCUT2D eigenvalue weighted by Crippen LogP contribution is 2.28. The lowest BCUT2D eigenvalue weighted by Gasteiger charge is -2.05. The molecule has 0 aliphatic heterocycles. The Morgan fingerprint density at radius 2 is 2.38 bits per heavy atom. The van der Waals surface area contributed by atoms with Crippen LogP contribution in [0.3, 0.4) is 0 Å². The standard InChI is InChI=1S/C11H12N4O/c1-2-16-10-6-8-9(5-7(10)12)15-11(14-8)3-4-13-15/h3-6,13H,2,12H2,1H3. The molecule has 0 fully saturated rings. The number of hydrogen-bond donors (Lipinski definition) is 2. The second-order valence-electron chi connectivity index (χ2n) is 3.58. The minimum absolute atomic E-state index is 0.599. The van der Waals surface area contributed by atoms with E-state index in [4.69, 9.17) is 10.5 Å². The maximum absolute atomic E-state index is 5.91. The fourth-order valence-corrected chi connectivity index (χ4v) is 1.85. The zero-order chi connectivity index (χ0) is 11.1. The lowest BCUT2D eigenvalue weighted by molar-refractivity contribution is 0.342. The lowest BCUT2D eigenvalue weighted by atomic mass is 10.2. The first-order chi connectivity index (χ1) is 7.79. The predicted octanol–water partition coefficient (Wildman–Crippen LogP) is 1.80. The number of benzene rings is 1. The van der Waals surface area contributed by atoms with E-state index in [2.05, 4.69) is 10.1 Å². The van der Waals surface area contributed by atoms with E-state index in [1.807, 2.05) is 35.8 Å². The number of imidazole rings is 1. The quantitative estimate of drug-likeness (QED) is 0.642. The Balaban J connectivity index is 2.32. The van der Waals surface area contributed by atoms with Crippen molar-refractivity contribution < 1.29 is 4.74 Å². The second kappa shape index (κ2) is 3.16. The number of aromatic nitrogens is 3. The van der Waals surface area contributed by atoms with Crippen LogP contribution >= 0.6 is 0 Å². The van der Waals surface area contributed by atoms with Crippen molar-refractivity contribution in [1.29, 1.82) is 0 Å². The van der Waals surface area contributed by atoms with E-state index < -0.39 is 0 Å². The number of nitrogens with one attached hydrogen (secondary N) is 1.